The van der Waals surface area contributed by atoms with Gasteiger partial charge in [-0.05, 0) is 43.4 Å². The molecule has 1 aliphatic rings. The Morgan fingerprint density at radius 2 is 2.20 bits per heavy atom. The third-order valence-electron chi connectivity index (χ3n) is 3.01. The predicted octanol–water partition coefficient (Wildman–Crippen LogP) is 3.34. The van der Waals surface area contributed by atoms with Gasteiger partial charge in [-0.25, -0.2) is 0 Å². The molecule has 1 atom stereocenters. The molecule has 1 aromatic heterocycles. The summed E-state index contributed by atoms with van der Waals surface area (Å²) in [5, 5.41) is 3.56. The van der Waals surface area contributed by atoms with E-state index in [2.05, 4.69) is 38.2 Å². The molecule has 84 valence electrons. The van der Waals surface area contributed by atoms with Crippen molar-refractivity contribution in [3.63, 3.8) is 0 Å². The van der Waals surface area contributed by atoms with Crippen molar-refractivity contribution in [2.24, 2.45) is 0 Å². The molecule has 1 aromatic rings. The zero-order valence-corrected chi connectivity index (χ0v) is 10.8. The molecular formula is C13H21NS. The second kappa shape index (κ2) is 4.26. The first-order valence-electron chi connectivity index (χ1n) is 5.88. The van der Waals surface area contributed by atoms with E-state index in [1.165, 1.54) is 30.7 Å². The van der Waals surface area contributed by atoms with Crippen molar-refractivity contribution in [3.05, 3.63) is 21.9 Å². The van der Waals surface area contributed by atoms with Gasteiger partial charge in [0.05, 0.1) is 0 Å². The molecule has 0 radical (unpaired) electrons. The highest BCUT2D eigenvalue weighted by Crippen LogP contribution is 2.30. The normalized spacial score (nSPS) is 22.2. The first kappa shape index (κ1) is 11.2. The van der Waals surface area contributed by atoms with Crippen molar-refractivity contribution in [1.29, 1.82) is 0 Å². The highest BCUT2D eigenvalue weighted by atomic mass is 32.1. The summed E-state index contributed by atoms with van der Waals surface area (Å²) in [5.74, 6) is 0. The van der Waals surface area contributed by atoms with E-state index in [0.717, 1.165) is 6.04 Å². The average molecular weight is 223 g/mol. The van der Waals surface area contributed by atoms with Crippen LogP contribution < -0.4 is 5.32 Å². The molecule has 1 N–H and O–H groups in total. The third kappa shape index (κ3) is 2.82. The molecule has 0 amide bonds. The van der Waals surface area contributed by atoms with E-state index in [-0.39, 0.29) is 0 Å². The van der Waals surface area contributed by atoms with Crippen LogP contribution in [-0.4, -0.2) is 12.6 Å². The first-order chi connectivity index (χ1) is 7.05. The number of hydrogen-bond donors (Lipinski definition) is 1. The van der Waals surface area contributed by atoms with Gasteiger partial charge in [0.1, 0.15) is 0 Å². The summed E-state index contributed by atoms with van der Waals surface area (Å²) in [6.07, 6.45) is 3.92. The zero-order valence-electron chi connectivity index (χ0n) is 9.97. The molecular weight excluding hydrogens is 202 g/mol. The van der Waals surface area contributed by atoms with Crippen LogP contribution in [0.25, 0.3) is 0 Å². The van der Waals surface area contributed by atoms with Gasteiger partial charge in [0.15, 0.2) is 0 Å². The van der Waals surface area contributed by atoms with Crippen molar-refractivity contribution >= 4 is 11.3 Å². The summed E-state index contributed by atoms with van der Waals surface area (Å²) in [6, 6.07) is 5.34. The van der Waals surface area contributed by atoms with Gasteiger partial charge in [0.25, 0.3) is 0 Å². The van der Waals surface area contributed by atoms with Crippen LogP contribution in [0.4, 0.5) is 0 Å². The van der Waals surface area contributed by atoms with Gasteiger partial charge in [-0.15, -0.1) is 11.3 Å². The maximum atomic E-state index is 3.56. The van der Waals surface area contributed by atoms with Crippen LogP contribution in [0.3, 0.4) is 0 Å². The van der Waals surface area contributed by atoms with Crippen LogP contribution in [0.2, 0.25) is 0 Å². The maximum Gasteiger partial charge on any atom is 0.0116 e. The maximum absolute atomic E-state index is 3.56. The molecule has 0 aliphatic carbocycles. The molecule has 0 aromatic carbocycles. The summed E-state index contributed by atoms with van der Waals surface area (Å²) in [7, 11) is 0. The fraction of sp³-hybridized carbons (Fsp3) is 0.692. The number of nitrogens with one attached hydrogen (secondary N) is 1. The molecule has 2 heterocycles. The molecule has 2 heteroatoms. The molecule has 1 aliphatic heterocycles. The first-order valence-corrected chi connectivity index (χ1v) is 6.70. The molecule has 2 rings (SSSR count). The lowest BCUT2D eigenvalue weighted by Gasteiger charge is -2.15. The largest absolute Gasteiger partial charge is 0.314 e. The molecule has 1 nitrogen and oxygen atoms in total. The van der Waals surface area contributed by atoms with Crippen molar-refractivity contribution in [2.45, 2.75) is 51.5 Å². The van der Waals surface area contributed by atoms with Gasteiger partial charge in [-0.3, -0.25) is 0 Å². The second-order valence-corrected chi connectivity index (χ2v) is 6.68. The van der Waals surface area contributed by atoms with Crippen LogP contribution in [0, 0.1) is 0 Å². The van der Waals surface area contributed by atoms with Crippen LogP contribution in [0.15, 0.2) is 12.1 Å². The smallest absolute Gasteiger partial charge is 0.0116 e. The topological polar surface area (TPSA) is 12.0 Å². The molecule has 1 saturated heterocycles. The van der Waals surface area contributed by atoms with Crippen molar-refractivity contribution in [1.82, 2.24) is 5.32 Å². The van der Waals surface area contributed by atoms with Gasteiger partial charge >= 0.3 is 0 Å². The number of thiophene rings is 1. The van der Waals surface area contributed by atoms with E-state index in [4.69, 9.17) is 0 Å². The van der Waals surface area contributed by atoms with Crippen LogP contribution in [0.1, 0.15) is 43.4 Å². The van der Waals surface area contributed by atoms with E-state index >= 15 is 0 Å². The monoisotopic (exact) mass is 223 g/mol. The van der Waals surface area contributed by atoms with Crippen LogP contribution in [0.5, 0.6) is 0 Å². The molecule has 1 unspecified atom stereocenters. The van der Waals surface area contributed by atoms with Gasteiger partial charge in [0.2, 0.25) is 0 Å². The van der Waals surface area contributed by atoms with E-state index in [1.807, 2.05) is 11.3 Å². The number of hydrogen-bond acceptors (Lipinski definition) is 2. The molecule has 15 heavy (non-hydrogen) atoms. The minimum atomic E-state index is 0.312. The van der Waals surface area contributed by atoms with Crippen LogP contribution in [-0.2, 0) is 11.8 Å². The predicted molar refractivity (Wildman–Crippen MR) is 67.7 cm³/mol. The Balaban J connectivity index is 2.00. The quantitative estimate of drug-likeness (QED) is 0.811. The lowest BCUT2D eigenvalue weighted by atomic mass is 9.95. The lowest BCUT2D eigenvalue weighted by Crippen LogP contribution is -2.23. The SMILES string of the molecule is CC(C)(C)c1ccc(CC2CCCN2)s1. The van der Waals surface area contributed by atoms with Crippen LogP contribution >= 0.6 is 11.3 Å². The van der Waals surface area contributed by atoms with Gasteiger partial charge in [0, 0.05) is 15.8 Å². The molecule has 0 bridgehead atoms. The summed E-state index contributed by atoms with van der Waals surface area (Å²) in [5.41, 5.74) is 0.312. The van der Waals surface area contributed by atoms with E-state index in [0.29, 0.717) is 5.41 Å². The van der Waals surface area contributed by atoms with Crippen molar-refractivity contribution < 1.29 is 0 Å². The van der Waals surface area contributed by atoms with Crippen molar-refractivity contribution in [3.8, 4) is 0 Å². The van der Waals surface area contributed by atoms with Crippen molar-refractivity contribution in [2.75, 3.05) is 6.54 Å². The highest BCUT2D eigenvalue weighted by molar-refractivity contribution is 7.12. The molecule has 0 spiro atoms. The highest BCUT2D eigenvalue weighted by Gasteiger charge is 2.19. The average Bonchev–Trinajstić information content (AvgIpc) is 2.73. The second-order valence-electron chi connectivity index (χ2n) is 5.51. The Morgan fingerprint density at radius 3 is 2.73 bits per heavy atom. The Hall–Kier alpha value is -0.340. The Morgan fingerprint density at radius 1 is 1.40 bits per heavy atom. The Labute approximate surface area is 96.9 Å². The van der Waals surface area contributed by atoms with E-state index < -0.39 is 0 Å². The van der Waals surface area contributed by atoms with E-state index in [1.54, 1.807) is 4.88 Å². The standard InChI is InChI=1S/C13H21NS/c1-13(2,3)12-7-6-11(15-12)9-10-5-4-8-14-10/h6-7,10,14H,4-5,8-9H2,1-3H3. The fourth-order valence-corrected chi connectivity index (χ4v) is 3.21. The Bertz CT molecular complexity index is 316. The third-order valence-corrected chi connectivity index (χ3v) is 4.54. The fourth-order valence-electron chi connectivity index (χ4n) is 2.06. The summed E-state index contributed by atoms with van der Waals surface area (Å²) < 4.78 is 0. The molecule has 0 saturated carbocycles. The summed E-state index contributed by atoms with van der Waals surface area (Å²) in [4.78, 5) is 3.05. The minimum absolute atomic E-state index is 0.312. The van der Waals surface area contributed by atoms with Gasteiger partial charge in [-0.1, -0.05) is 20.8 Å². The number of rotatable bonds is 2. The molecule has 1 fully saturated rings. The summed E-state index contributed by atoms with van der Waals surface area (Å²) >= 11 is 1.99. The zero-order chi connectivity index (χ0) is 10.9. The lowest BCUT2D eigenvalue weighted by molar-refractivity contribution is 0.603. The van der Waals surface area contributed by atoms with E-state index in [9.17, 15) is 0 Å². The van der Waals surface area contributed by atoms with Gasteiger partial charge in [-0.2, -0.15) is 0 Å². The summed E-state index contributed by atoms with van der Waals surface area (Å²) in [6.45, 7) is 8.07. The minimum Gasteiger partial charge on any atom is -0.314 e. The Kier molecular flexibility index (Phi) is 3.17. The van der Waals surface area contributed by atoms with Gasteiger partial charge < -0.3 is 5.32 Å².